The first kappa shape index (κ1) is 24.6. The third-order valence-electron chi connectivity index (χ3n) is 5.64. The van der Waals surface area contributed by atoms with Crippen molar-refractivity contribution in [2.24, 2.45) is 0 Å². The summed E-state index contributed by atoms with van der Waals surface area (Å²) in [4.78, 5) is 27.0. The number of ether oxygens (including phenoxy) is 1. The molecule has 3 rings (SSSR count). The molecule has 1 aromatic rings. The molecule has 2 aliphatic heterocycles. The number of nitrogens with one attached hydrogen (secondary N) is 2. The van der Waals surface area contributed by atoms with Gasteiger partial charge in [-0.2, -0.15) is 24.9 Å². The quantitative estimate of drug-likeness (QED) is 0.571. The lowest BCUT2D eigenvalue weighted by atomic mass is 10.1. The van der Waals surface area contributed by atoms with Gasteiger partial charge in [-0.05, 0) is 42.5 Å². The predicted molar refractivity (Wildman–Crippen MR) is 118 cm³/mol. The fraction of sp³-hybridized carbons (Fsp3) is 0.545. The summed E-state index contributed by atoms with van der Waals surface area (Å²) in [7, 11) is 0. The molecule has 6 nitrogen and oxygen atoms in total. The Bertz CT molecular complexity index is 815. The Morgan fingerprint density at radius 3 is 2.69 bits per heavy atom. The number of nitrogens with zero attached hydrogens (tertiary/aromatic N) is 1. The number of halogens is 3. The van der Waals surface area contributed by atoms with Crippen LogP contribution in [0.5, 0.6) is 0 Å². The van der Waals surface area contributed by atoms with Gasteiger partial charge in [-0.15, -0.1) is 6.58 Å². The molecule has 2 atom stereocenters. The summed E-state index contributed by atoms with van der Waals surface area (Å²) in [5.74, 6) is 1.10. The number of carbonyl (C=O) groups excluding carboxylic acids is 2. The Morgan fingerprint density at radius 2 is 2.00 bits per heavy atom. The van der Waals surface area contributed by atoms with E-state index in [2.05, 4.69) is 22.1 Å². The van der Waals surface area contributed by atoms with Crippen molar-refractivity contribution in [2.75, 3.05) is 37.7 Å². The van der Waals surface area contributed by atoms with E-state index in [-0.39, 0.29) is 24.3 Å². The van der Waals surface area contributed by atoms with Crippen LogP contribution in [0.3, 0.4) is 0 Å². The van der Waals surface area contributed by atoms with Crippen LogP contribution in [0.4, 0.5) is 13.2 Å². The van der Waals surface area contributed by atoms with Gasteiger partial charge in [-0.1, -0.05) is 12.1 Å². The first-order chi connectivity index (χ1) is 15.3. The Morgan fingerprint density at radius 1 is 1.25 bits per heavy atom. The van der Waals surface area contributed by atoms with Crippen LogP contribution in [0.25, 0.3) is 0 Å². The van der Waals surface area contributed by atoms with Crippen molar-refractivity contribution >= 4 is 23.6 Å². The zero-order valence-electron chi connectivity index (χ0n) is 17.7. The Balaban J connectivity index is 1.54. The van der Waals surface area contributed by atoms with E-state index in [1.54, 1.807) is 6.08 Å². The normalized spacial score (nSPS) is 22.5. The molecular weight excluding hydrogens is 443 g/mol. The van der Waals surface area contributed by atoms with E-state index in [9.17, 15) is 22.8 Å². The second kappa shape index (κ2) is 11.2. The van der Waals surface area contributed by atoms with E-state index < -0.39 is 23.6 Å². The highest BCUT2D eigenvalue weighted by molar-refractivity contribution is 7.99. The summed E-state index contributed by atoms with van der Waals surface area (Å²) < 4.78 is 44.4. The molecule has 1 unspecified atom stereocenters. The molecule has 2 saturated heterocycles. The minimum absolute atomic E-state index is 0.151. The minimum Gasteiger partial charge on any atom is -0.371 e. The molecule has 0 radical (unpaired) electrons. The van der Waals surface area contributed by atoms with Gasteiger partial charge in [0.05, 0.1) is 30.9 Å². The van der Waals surface area contributed by atoms with Crippen molar-refractivity contribution in [3.05, 3.63) is 48.0 Å². The van der Waals surface area contributed by atoms with Crippen LogP contribution in [0.1, 0.15) is 28.8 Å². The number of alkyl halides is 3. The molecule has 2 fully saturated rings. The van der Waals surface area contributed by atoms with Gasteiger partial charge in [0.15, 0.2) is 0 Å². The van der Waals surface area contributed by atoms with Crippen LogP contribution in [0.2, 0.25) is 0 Å². The number of hydrogen-bond donors (Lipinski definition) is 2. The number of benzene rings is 1. The molecule has 10 heteroatoms. The molecule has 0 spiro atoms. The van der Waals surface area contributed by atoms with Crippen molar-refractivity contribution < 1.29 is 27.5 Å². The SMILES string of the molecule is C=CCOC1CN(C2CCSCC2)C[C@@H]1NC(=O)CNC(=O)c1cccc(C(F)(F)F)c1. The zero-order chi connectivity index (χ0) is 23.1. The van der Waals surface area contributed by atoms with Gasteiger partial charge in [-0.25, -0.2) is 0 Å². The van der Waals surface area contributed by atoms with Gasteiger partial charge in [-0.3, -0.25) is 14.5 Å². The van der Waals surface area contributed by atoms with Crippen molar-refractivity contribution in [2.45, 2.75) is 37.2 Å². The molecule has 2 N–H and O–H groups in total. The fourth-order valence-electron chi connectivity index (χ4n) is 4.01. The number of carbonyl (C=O) groups is 2. The first-order valence-electron chi connectivity index (χ1n) is 10.6. The van der Waals surface area contributed by atoms with E-state index in [0.29, 0.717) is 25.7 Å². The maximum atomic E-state index is 12.8. The van der Waals surface area contributed by atoms with Gasteiger partial charge >= 0.3 is 6.18 Å². The highest BCUT2D eigenvalue weighted by Gasteiger charge is 2.38. The van der Waals surface area contributed by atoms with Crippen molar-refractivity contribution in [3.63, 3.8) is 0 Å². The highest BCUT2D eigenvalue weighted by atomic mass is 32.2. The molecule has 176 valence electrons. The van der Waals surface area contributed by atoms with Crippen molar-refractivity contribution in [3.8, 4) is 0 Å². The Labute approximate surface area is 189 Å². The number of likely N-dealkylation sites (tertiary alicyclic amines) is 1. The molecule has 0 aliphatic carbocycles. The van der Waals surface area contributed by atoms with E-state index in [1.807, 2.05) is 11.8 Å². The molecule has 0 saturated carbocycles. The largest absolute Gasteiger partial charge is 0.416 e. The smallest absolute Gasteiger partial charge is 0.371 e. The summed E-state index contributed by atoms with van der Waals surface area (Å²) in [5, 5.41) is 5.30. The van der Waals surface area contributed by atoms with E-state index in [1.165, 1.54) is 6.07 Å². The summed E-state index contributed by atoms with van der Waals surface area (Å²) in [5.41, 5.74) is -1.06. The Kier molecular flexibility index (Phi) is 8.61. The molecule has 0 bridgehead atoms. The molecule has 32 heavy (non-hydrogen) atoms. The number of hydrogen-bond acceptors (Lipinski definition) is 5. The maximum absolute atomic E-state index is 12.8. The van der Waals surface area contributed by atoms with Gasteiger partial charge in [0.2, 0.25) is 5.91 Å². The zero-order valence-corrected chi connectivity index (χ0v) is 18.5. The van der Waals surface area contributed by atoms with Gasteiger partial charge in [0.1, 0.15) is 0 Å². The lowest BCUT2D eigenvalue weighted by Gasteiger charge is -2.30. The molecule has 1 aromatic carbocycles. The van der Waals surface area contributed by atoms with Crippen LogP contribution in [-0.2, 0) is 15.7 Å². The average Bonchev–Trinajstić information content (AvgIpc) is 3.18. The maximum Gasteiger partial charge on any atom is 0.416 e. The predicted octanol–water partition coefficient (Wildman–Crippen LogP) is 2.70. The van der Waals surface area contributed by atoms with Crippen molar-refractivity contribution in [1.29, 1.82) is 0 Å². The van der Waals surface area contributed by atoms with Gasteiger partial charge in [0, 0.05) is 24.7 Å². The summed E-state index contributed by atoms with van der Waals surface area (Å²) >= 11 is 1.95. The minimum atomic E-state index is -4.54. The third-order valence-corrected chi connectivity index (χ3v) is 6.69. The highest BCUT2D eigenvalue weighted by Crippen LogP contribution is 2.29. The first-order valence-corrected chi connectivity index (χ1v) is 11.7. The van der Waals surface area contributed by atoms with Crippen LogP contribution >= 0.6 is 11.8 Å². The van der Waals surface area contributed by atoms with E-state index in [0.717, 1.165) is 42.5 Å². The van der Waals surface area contributed by atoms with E-state index in [4.69, 9.17) is 4.74 Å². The van der Waals surface area contributed by atoms with E-state index >= 15 is 0 Å². The summed E-state index contributed by atoms with van der Waals surface area (Å²) in [6.07, 6.45) is -0.863. The second-order valence-electron chi connectivity index (χ2n) is 7.89. The second-order valence-corrected chi connectivity index (χ2v) is 9.12. The lowest BCUT2D eigenvalue weighted by Crippen LogP contribution is -2.48. The lowest BCUT2D eigenvalue weighted by molar-refractivity contribution is -0.137. The van der Waals surface area contributed by atoms with Crippen molar-refractivity contribution in [1.82, 2.24) is 15.5 Å². The van der Waals surface area contributed by atoms with Crippen LogP contribution < -0.4 is 10.6 Å². The summed E-state index contributed by atoms with van der Waals surface area (Å²) in [6.45, 7) is 5.08. The number of thioether (sulfide) groups is 1. The fourth-order valence-corrected chi connectivity index (χ4v) is 5.09. The number of amides is 2. The van der Waals surface area contributed by atoms with Crippen LogP contribution in [0.15, 0.2) is 36.9 Å². The van der Waals surface area contributed by atoms with Gasteiger partial charge in [0.25, 0.3) is 5.91 Å². The molecule has 0 aromatic heterocycles. The van der Waals surface area contributed by atoms with Crippen LogP contribution in [0, 0.1) is 0 Å². The third kappa shape index (κ3) is 6.73. The molecule has 2 aliphatic rings. The molecule has 2 amide bonds. The monoisotopic (exact) mass is 471 g/mol. The molecular formula is C22H28F3N3O3S. The molecule has 2 heterocycles. The Hall–Kier alpha value is -2.04. The number of rotatable bonds is 8. The topological polar surface area (TPSA) is 70.7 Å². The van der Waals surface area contributed by atoms with Crippen LogP contribution in [-0.4, -0.2) is 72.6 Å². The standard InChI is InChI=1S/C22H28F3N3O3S/c1-2-8-31-19-14-28(17-6-9-32-10-7-17)13-18(19)27-20(29)12-26-21(30)15-4-3-5-16(11-15)22(23,24)25/h2-5,11,17-19H,1,6-10,12-14H2,(H,26,30)(H,27,29)/t18-,19?/m0/s1. The average molecular weight is 472 g/mol. The summed E-state index contributed by atoms with van der Waals surface area (Å²) in [6, 6.07) is 4.33. The van der Waals surface area contributed by atoms with Gasteiger partial charge < -0.3 is 15.4 Å².